The molecule has 0 aliphatic heterocycles. The zero-order chi connectivity index (χ0) is 22.4. The van der Waals surface area contributed by atoms with Crippen molar-refractivity contribution in [2.24, 2.45) is 5.73 Å². The molecule has 0 aliphatic carbocycles. The van der Waals surface area contributed by atoms with Gasteiger partial charge in [-0.25, -0.2) is 18.2 Å². The number of carbonyl (C=O) groups is 1. The number of carboxylic acids is 1. The fraction of sp³-hybridized carbons (Fsp3) is 0.182. The molecule has 3 aromatic rings. The summed E-state index contributed by atoms with van der Waals surface area (Å²) in [6.45, 7) is 0.344. The molecule has 0 unspecified atom stereocenters. The standard InChI is InChI=1S/C22H23N3O5S/c23-11-4-14-25(13-3-6-16-5-1-7-17(15-16)22(27)28)31(29,30)20-9-2-8-19-18(20)10-12-24-21(19)26/h1-2,4-5,7-10,12,14-15H,3,6,11,13,23H2,(H,24,26)(H,27,28). The molecule has 1 heterocycles. The van der Waals surface area contributed by atoms with Crippen molar-refractivity contribution in [1.29, 1.82) is 0 Å². The number of rotatable bonds is 9. The van der Waals surface area contributed by atoms with Gasteiger partial charge in [0.15, 0.2) is 0 Å². The Morgan fingerprint density at radius 3 is 2.65 bits per heavy atom. The van der Waals surface area contributed by atoms with Crippen molar-refractivity contribution in [2.45, 2.75) is 17.7 Å². The van der Waals surface area contributed by atoms with E-state index in [1.807, 2.05) is 6.07 Å². The molecule has 0 spiro atoms. The largest absolute Gasteiger partial charge is 0.493 e. The van der Waals surface area contributed by atoms with Gasteiger partial charge in [-0.3, -0.25) is 4.31 Å². The highest BCUT2D eigenvalue weighted by Gasteiger charge is 2.24. The van der Waals surface area contributed by atoms with Crippen molar-refractivity contribution in [3.8, 4) is 5.88 Å². The first-order valence-electron chi connectivity index (χ1n) is 9.62. The number of nitrogens with zero attached hydrogens (tertiary/aromatic N) is 2. The van der Waals surface area contributed by atoms with Gasteiger partial charge in [0.25, 0.3) is 10.0 Å². The SMILES string of the molecule is NCC=CN(CCCc1cccc(C(=O)O)c1)S(=O)(=O)c1cccc2c(O)nccc12. The van der Waals surface area contributed by atoms with Gasteiger partial charge in [0.2, 0.25) is 5.88 Å². The first-order chi connectivity index (χ1) is 14.8. The second-order valence-corrected chi connectivity index (χ2v) is 8.69. The molecule has 9 heteroatoms. The molecule has 8 nitrogen and oxygen atoms in total. The van der Waals surface area contributed by atoms with E-state index in [4.69, 9.17) is 10.8 Å². The number of sulfonamides is 1. The summed E-state index contributed by atoms with van der Waals surface area (Å²) in [6, 6.07) is 12.8. The highest BCUT2D eigenvalue weighted by atomic mass is 32.2. The van der Waals surface area contributed by atoms with E-state index in [-0.39, 0.29) is 29.4 Å². The van der Waals surface area contributed by atoms with Gasteiger partial charge in [0.05, 0.1) is 10.5 Å². The van der Waals surface area contributed by atoms with Gasteiger partial charge in [-0.05, 0) is 48.7 Å². The van der Waals surface area contributed by atoms with E-state index in [1.54, 1.807) is 36.4 Å². The lowest BCUT2D eigenvalue weighted by Gasteiger charge is -2.21. The van der Waals surface area contributed by atoms with Crippen LogP contribution in [-0.2, 0) is 16.4 Å². The number of benzene rings is 2. The number of pyridine rings is 1. The normalized spacial score (nSPS) is 11.8. The molecule has 0 saturated carbocycles. The van der Waals surface area contributed by atoms with Gasteiger partial charge in [-0.1, -0.05) is 24.3 Å². The molecule has 0 atom stereocenters. The minimum absolute atomic E-state index is 0.0530. The molecule has 31 heavy (non-hydrogen) atoms. The number of aromatic carboxylic acids is 1. The van der Waals surface area contributed by atoms with Crippen LogP contribution >= 0.6 is 0 Å². The summed E-state index contributed by atoms with van der Waals surface area (Å²) in [5.74, 6) is -1.25. The third-order valence-electron chi connectivity index (χ3n) is 4.76. The molecule has 162 valence electrons. The second-order valence-electron chi connectivity index (χ2n) is 6.83. The maximum Gasteiger partial charge on any atom is 0.335 e. The fourth-order valence-corrected chi connectivity index (χ4v) is 4.84. The van der Waals surface area contributed by atoms with E-state index in [9.17, 15) is 18.3 Å². The van der Waals surface area contributed by atoms with Gasteiger partial charge >= 0.3 is 5.97 Å². The molecule has 0 fully saturated rings. The topological polar surface area (TPSA) is 134 Å². The van der Waals surface area contributed by atoms with Crippen molar-refractivity contribution in [2.75, 3.05) is 13.1 Å². The van der Waals surface area contributed by atoms with Gasteiger partial charge in [0, 0.05) is 36.3 Å². The Kier molecular flexibility index (Phi) is 6.88. The number of fused-ring (bicyclic) bond motifs is 1. The Labute approximate surface area is 180 Å². The lowest BCUT2D eigenvalue weighted by atomic mass is 10.1. The molecule has 0 radical (unpaired) electrons. The maximum atomic E-state index is 13.4. The van der Waals surface area contributed by atoms with Crippen LogP contribution in [0.25, 0.3) is 10.8 Å². The summed E-state index contributed by atoms with van der Waals surface area (Å²) >= 11 is 0. The Bertz CT molecular complexity index is 1220. The summed E-state index contributed by atoms with van der Waals surface area (Å²) in [4.78, 5) is 15.0. The van der Waals surface area contributed by atoms with Crippen LogP contribution in [0.5, 0.6) is 5.88 Å². The van der Waals surface area contributed by atoms with Crippen molar-refractivity contribution in [3.05, 3.63) is 78.1 Å². The van der Waals surface area contributed by atoms with Crippen molar-refractivity contribution < 1.29 is 23.4 Å². The average Bonchev–Trinajstić information content (AvgIpc) is 2.76. The Hall–Kier alpha value is -3.43. The first-order valence-corrected chi connectivity index (χ1v) is 11.1. The number of hydrogen-bond acceptors (Lipinski definition) is 6. The molecule has 0 saturated heterocycles. The lowest BCUT2D eigenvalue weighted by molar-refractivity contribution is 0.0696. The van der Waals surface area contributed by atoms with Crippen LogP contribution < -0.4 is 5.73 Å². The van der Waals surface area contributed by atoms with E-state index >= 15 is 0 Å². The van der Waals surface area contributed by atoms with Crippen molar-refractivity contribution in [1.82, 2.24) is 9.29 Å². The molecule has 3 rings (SSSR count). The zero-order valence-corrected chi connectivity index (χ0v) is 17.5. The van der Waals surface area contributed by atoms with Gasteiger partial charge in [-0.2, -0.15) is 0 Å². The van der Waals surface area contributed by atoms with Gasteiger partial charge in [0.1, 0.15) is 0 Å². The van der Waals surface area contributed by atoms with Crippen molar-refractivity contribution in [3.63, 3.8) is 0 Å². The van der Waals surface area contributed by atoms with Gasteiger partial charge in [-0.15, -0.1) is 0 Å². The number of aromatic nitrogens is 1. The minimum Gasteiger partial charge on any atom is -0.493 e. The van der Waals surface area contributed by atoms with Crippen LogP contribution in [0.3, 0.4) is 0 Å². The van der Waals surface area contributed by atoms with Crippen LogP contribution in [0.4, 0.5) is 0 Å². The number of hydrogen-bond donors (Lipinski definition) is 3. The van der Waals surface area contributed by atoms with E-state index in [0.29, 0.717) is 23.6 Å². The zero-order valence-electron chi connectivity index (χ0n) is 16.7. The van der Waals surface area contributed by atoms with E-state index in [1.165, 1.54) is 28.8 Å². The van der Waals surface area contributed by atoms with E-state index in [0.717, 1.165) is 5.56 Å². The summed E-state index contributed by atoms with van der Waals surface area (Å²) in [5, 5.41) is 19.8. The van der Waals surface area contributed by atoms with E-state index < -0.39 is 16.0 Å². The summed E-state index contributed by atoms with van der Waals surface area (Å²) in [5.41, 5.74) is 6.52. The number of aryl methyl sites for hydroxylation is 1. The molecular weight excluding hydrogens is 418 g/mol. The monoisotopic (exact) mass is 441 g/mol. The predicted molar refractivity (Wildman–Crippen MR) is 117 cm³/mol. The second kappa shape index (κ2) is 9.59. The number of nitrogens with two attached hydrogens (primary N) is 1. The predicted octanol–water partition coefficient (Wildman–Crippen LogP) is 2.73. The summed E-state index contributed by atoms with van der Waals surface area (Å²) in [6.07, 6.45) is 5.31. The first kappa shape index (κ1) is 22.3. The van der Waals surface area contributed by atoms with Crippen molar-refractivity contribution >= 4 is 26.8 Å². The molecule has 1 aromatic heterocycles. The smallest absolute Gasteiger partial charge is 0.335 e. The lowest BCUT2D eigenvalue weighted by Crippen LogP contribution is -2.28. The molecule has 0 amide bonds. The molecular formula is C22H23N3O5S. The Morgan fingerprint density at radius 2 is 1.90 bits per heavy atom. The maximum absolute atomic E-state index is 13.4. The third kappa shape index (κ3) is 5.01. The Morgan fingerprint density at radius 1 is 1.13 bits per heavy atom. The molecule has 4 N–H and O–H groups in total. The van der Waals surface area contributed by atoms with Crippen LogP contribution in [-0.4, -0.2) is 47.0 Å². The number of aromatic hydroxyl groups is 1. The van der Waals surface area contributed by atoms with E-state index in [2.05, 4.69) is 4.98 Å². The molecule has 0 aliphatic rings. The van der Waals surface area contributed by atoms with Crippen LogP contribution in [0.1, 0.15) is 22.3 Å². The van der Waals surface area contributed by atoms with Gasteiger partial charge < -0.3 is 15.9 Å². The Balaban J connectivity index is 1.87. The van der Waals surface area contributed by atoms with Crippen LogP contribution in [0, 0.1) is 0 Å². The summed E-state index contributed by atoms with van der Waals surface area (Å²) < 4.78 is 28.0. The molecule has 2 aromatic carbocycles. The minimum atomic E-state index is -3.93. The third-order valence-corrected chi connectivity index (χ3v) is 6.59. The average molecular weight is 442 g/mol. The molecule has 0 bridgehead atoms. The summed E-state index contributed by atoms with van der Waals surface area (Å²) in [7, 11) is -3.93. The number of carboxylic acid groups (broad SMARTS) is 1. The highest BCUT2D eigenvalue weighted by Crippen LogP contribution is 2.29. The fourth-order valence-electron chi connectivity index (χ4n) is 3.27. The highest BCUT2D eigenvalue weighted by molar-refractivity contribution is 7.89. The quantitative estimate of drug-likeness (QED) is 0.465. The van der Waals surface area contributed by atoms with Crippen LogP contribution in [0.15, 0.2) is 71.9 Å². The van der Waals surface area contributed by atoms with Crippen LogP contribution in [0.2, 0.25) is 0 Å².